The highest BCUT2D eigenvalue weighted by Crippen LogP contribution is 2.27. The van der Waals surface area contributed by atoms with Gasteiger partial charge < -0.3 is 9.84 Å². The zero-order chi connectivity index (χ0) is 15.2. The summed E-state index contributed by atoms with van der Waals surface area (Å²) in [6.07, 6.45) is 4.22. The number of aromatic hydroxyl groups is 1. The molecule has 110 valence electrons. The molecule has 0 spiro atoms. The van der Waals surface area contributed by atoms with E-state index in [1.807, 2.05) is 19.1 Å². The first-order chi connectivity index (χ1) is 10.1. The normalized spacial score (nSPS) is 11.0. The zero-order valence-electron chi connectivity index (χ0n) is 12.1. The monoisotopic (exact) mass is 302 g/mol. The molecule has 0 aliphatic rings. The Morgan fingerprint density at radius 2 is 2.10 bits per heavy atom. The number of rotatable bonds is 6. The van der Waals surface area contributed by atoms with Crippen LogP contribution in [0.4, 0.5) is 0 Å². The lowest BCUT2D eigenvalue weighted by Crippen LogP contribution is -1.92. The molecule has 0 saturated heterocycles. The van der Waals surface area contributed by atoms with Gasteiger partial charge in [0.2, 0.25) is 0 Å². The first kappa shape index (κ1) is 15.3. The Bertz CT molecular complexity index is 656. The van der Waals surface area contributed by atoms with E-state index in [4.69, 9.17) is 4.74 Å². The molecule has 0 saturated carbocycles. The van der Waals surface area contributed by atoms with Crippen molar-refractivity contribution in [2.45, 2.75) is 20.3 Å². The molecule has 1 aromatic heterocycles. The number of benzene rings is 1. The highest BCUT2D eigenvalue weighted by molar-refractivity contribution is 7.14. The Labute approximate surface area is 128 Å². The first-order valence-electron chi connectivity index (χ1n) is 6.91. The van der Waals surface area contributed by atoms with Crippen LogP contribution in [0.15, 0.2) is 36.4 Å². The van der Waals surface area contributed by atoms with Gasteiger partial charge in [-0.25, -0.2) is 0 Å². The van der Waals surface area contributed by atoms with Gasteiger partial charge in [0.05, 0.1) is 11.5 Å². The van der Waals surface area contributed by atoms with Crippen molar-refractivity contribution >= 4 is 23.2 Å². The summed E-state index contributed by atoms with van der Waals surface area (Å²) in [4.78, 5) is 14.0. The summed E-state index contributed by atoms with van der Waals surface area (Å²) < 4.78 is 5.32. The molecular formula is C17H18O3S. The van der Waals surface area contributed by atoms with Gasteiger partial charge in [-0.2, -0.15) is 0 Å². The van der Waals surface area contributed by atoms with Crippen molar-refractivity contribution in [3.05, 3.63) is 51.7 Å². The van der Waals surface area contributed by atoms with E-state index in [1.165, 1.54) is 16.2 Å². The number of ketones is 1. The van der Waals surface area contributed by atoms with E-state index < -0.39 is 0 Å². The zero-order valence-corrected chi connectivity index (χ0v) is 12.9. The lowest BCUT2D eigenvalue weighted by atomic mass is 10.1. The molecule has 0 aliphatic heterocycles. The second-order valence-corrected chi connectivity index (χ2v) is 5.65. The first-order valence-corrected chi connectivity index (χ1v) is 7.72. The van der Waals surface area contributed by atoms with Crippen LogP contribution in [0.2, 0.25) is 0 Å². The predicted molar refractivity (Wildman–Crippen MR) is 86.3 cm³/mol. The molecule has 0 unspecified atom stereocenters. The van der Waals surface area contributed by atoms with Gasteiger partial charge in [0.25, 0.3) is 0 Å². The highest BCUT2D eigenvalue weighted by atomic mass is 32.1. The number of aryl methyl sites for hydroxylation is 1. The fraction of sp³-hybridized carbons (Fsp3) is 0.235. The van der Waals surface area contributed by atoms with E-state index in [0.717, 1.165) is 16.9 Å². The SMILES string of the molecule is CCOc1cc(/C=C/C(=O)c2ccc(CC)s2)ccc1O. The van der Waals surface area contributed by atoms with E-state index in [9.17, 15) is 9.90 Å². The van der Waals surface area contributed by atoms with Crippen molar-refractivity contribution < 1.29 is 14.6 Å². The van der Waals surface area contributed by atoms with Crippen LogP contribution in [0.3, 0.4) is 0 Å². The molecule has 0 bridgehead atoms. The van der Waals surface area contributed by atoms with Crippen molar-refractivity contribution in [1.29, 1.82) is 0 Å². The van der Waals surface area contributed by atoms with Gasteiger partial charge in [-0.3, -0.25) is 4.79 Å². The largest absolute Gasteiger partial charge is 0.504 e. The average molecular weight is 302 g/mol. The van der Waals surface area contributed by atoms with Gasteiger partial charge in [0, 0.05) is 4.88 Å². The average Bonchev–Trinajstić information content (AvgIpc) is 2.97. The van der Waals surface area contributed by atoms with Crippen molar-refractivity contribution in [3.8, 4) is 11.5 Å². The van der Waals surface area contributed by atoms with Crippen LogP contribution in [-0.2, 0) is 6.42 Å². The van der Waals surface area contributed by atoms with Gasteiger partial charge >= 0.3 is 0 Å². The number of carbonyl (C=O) groups excluding carboxylic acids is 1. The Morgan fingerprint density at radius 3 is 2.76 bits per heavy atom. The summed E-state index contributed by atoms with van der Waals surface area (Å²) in [7, 11) is 0. The van der Waals surface area contributed by atoms with E-state index >= 15 is 0 Å². The maximum absolute atomic E-state index is 12.1. The molecule has 2 rings (SSSR count). The Balaban J connectivity index is 2.13. The quantitative estimate of drug-likeness (QED) is 0.639. The Morgan fingerprint density at radius 1 is 1.29 bits per heavy atom. The second-order valence-electron chi connectivity index (χ2n) is 4.48. The number of phenols is 1. The minimum Gasteiger partial charge on any atom is -0.504 e. The molecule has 0 amide bonds. The van der Waals surface area contributed by atoms with Crippen LogP contribution >= 0.6 is 11.3 Å². The van der Waals surface area contributed by atoms with Gasteiger partial charge in [0.1, 0.15) is 0 Å². The molecule has 3 nitrogen and oxygen atoms in total. The molecule has 2 aromatic rings. The van der Waals surface area contributed by atoms with Crippen LogP contribution in [0, 0.1) is 0 Å². The molecule has 1 N–H and O–H groups in total. The summed E-state index contributed by atoms with van der Waals surface area (Å²) in [6.45, 7) is 4.41. The number of ether oxygens (including phenoxy) is 1. The molecule has 4 heteroatoms. The summed E-state index contributed by atoms with van der Waals surface area (Å²) in [5.41, 5.74) is 0.817. The Kier molecular flexibility index (Phi) is 5.17. The fourth-order valence-corrected chi connectivity index (χ4v) is 2.73. The molecule has 21 heavy (non-hydrogen) atoms. The molecule has 1 aromatic carbocycles. The molecular weight excluding hydrogens is 284 g/mol. The lowest BCUT2D eigenvalue weighted by molar-refractivity contribution is 0.105. The number of hydrogen-bond donors (Lipinski definition) is 1. The minimum atomic E-state index is -0.00858. The standard InChI is InChI=1S/C17H18O3S/c1-3-13-7-10-17(21-13)15(19)9-6-12-5-8-14(18)16(11-12)20-4-2/h5-11,18H,3-4H2,1-2H3/b9-6+. The van der Waals surface area contributed by atoms with E-state index in [0.29, 0.717) is 12.4 Å². The third-order valence-corrected chi connectivity index (χ3v) is 4.21. The lowest BCUT2D eigenvalue weighted by Gasteiger charge is -2.06. The van der Waals surface area contributed by atoms with Crippen LogP contribution in [0.1, 0.15) is 34.0 Å². The number of hydrogen-bond acceptors (Lipinski definition) is 4. The van der Waals surface area contributed by atoms with Gasteiger partial charge in [-0.1, -0.05) is 19.1 Å². The summed E-state index contributed by atoms with van der Waals surface area (Å²) in [5.74, 6) is 0.522. The third-order valence-electron chi connectivity index (χ3n) is 2.96. The van der Waals surface area contributed by atoms with Crippen LogP contribution < -0.4 is 4.74 Å². The smallest absolute Gasteiger partial charge is 0.195 e. The minimum absolute atomic E-state index is 0.00858. The second kappa shape index (κ2) is 7.09. The number of allylic oxidation sites excluding steroid dienone is 1. The van der Waals surface area contributed by atoms with Crippen LogP contribution in [-0.4, -0.2) is 17.5 Å². The number of thiophene rings is 1. The van der Waals surface area contributed by atoms with Crippen LogP contribution in [0.25, 0.3) is 6.08 Å². The van der Waals surface area contributed by atoms with Crippen molar-refractivity contribution in [3.63, 3.8) is 0 Å². The summed E-state index contributed by atoms with van der Waals surface area (Å²) in [6, 6.07) is 8.87. The van der Waals surface area contributed by atoms with Crippen LogP contribution in [0.5, 0.6) is 11.5 Å². The number of phenolic OH excluding ortho intramolecular Hbond substituents is 1. The molecule has 0 fully saturated rings. The number of carbonyl (C=O) groups is 1. The molecule has 1 heterocycles. The van der Waals surface area contributed by atoms with Gasteiger partial charge in [-0.05, 0) is 49.2 Å². The van der Waals surface area contributed by atoms with E-state index in [2.05, 4.69) is 6.92 Å². The topological polar surface area (TPSA) is 46.5 Å². The highest BCUT2D eigenvalue weighted by Gasteiger charge is 2.06. The maximum atomic E-state index is 12.1. The van der Waals surface area contributed by atoms with E-state index in [1.54, 1.807) is 30.4 Å². The van der Waals surface area contributed by atoms with E-state index in [-0.39, 0.29) is 11.5 Å². The third kappa shape index (κ3) is 3.95. The maximum Gasteiger partial charge on any atom is 0.195 e. The van der Waals surface area contributed by atoms with Gasteiger partial charge in [-0.15, -0.1) is 11.3 Å². The van der Waals surface area contributed by atoms with Crippen molar-refractivity contribution in [2.75, 3.05) is 6.61 Å². The molecule has 0 aliphatic carbocycles. The molecule has 0 radical (unpaired) electrons. The summed E-state index contributed by atoms with van der Waals surface area (Å²) in [5, 5.41) is 9.64. The molecule has 0 atom stereocenters. The van der Waals surface area contributed by atoms with Gasteiger partial charge in [0.15, 0.2) is 17.3 Å². The fourth-order valence-electron chi connectivity index (χ4n) is 1.86. The summed E-state index contributed by atoms with van der Waals surface area (Å²) >= 11 is 1.52. The van der Waals surface area contributed by atoms with Crippen molar-refractivity contribution in [2.24, 2.45) is 0 Å². The predicted octanol–water partition coefficient (Wildman–Crippen LogP) is 4.31. The Hall–Kier alpha value is -2.07. The van der Waals surface area contributed by atoms with Crippen molar-refractivity contribution in [1.82, 2.24) is 0 Å².